The van der Waals surface area contributed by atoms with Crippen LogP contribution >= 0.6 is 11.6 Å². The summed E-state index contributed by atoms with van der Waals surface area (Å²) in [6, 6.07) is 13.7. The molecule has 1 saturated heterocycles. The molecule has 1 aliphatic heterocycles. The third-order valence-corrected chi connectivity index (χ3v) is 6.40. The van der Waals surface area contributed by atoms with E-state index in [-0.39, 0.29) is 28.6 Å². The van der Waals surface area contributed by atoms with Crippen molar-refractivity contribution in [2.24, 2.45) is 0 Å². The lowest BCUT2D eigenvalue weighted by atomic mass is 10.1. The standard InChI is InChI=1S/C24H25ClN6O4/c1-17-19(8-5-9-20(17)31(34)35)27-22(32)10-11-28-12-14-29(15-13-28)21-16-26-30(24(33)23(21)25)18-6-3-2-4-7-18/h2-9,16H,10-15H2,1H3,(H,27,32). The average molecular weight is 497 g/mol. The molecule has 0 radical (unpaired) electrons. The lowest BCUT2D eigenvalue weighted by Gasteiger charge is -2.36. The van der Waals surface area contributed by atoms with Crippen LogP contribution in [0.15, 0.2) is 59.5 Å². The highest BCUT2D eigenvalue weighted by Gasteiger charge is 2.22. The number of para-hydroxylation sites is 1. The first-order chi connectivity index (χ1) is 16.8. The third-order valence-electron chi connectivity index (χ3n) is 6.05. The van der Waals surface area contributed by atoms with E-state index < -0.39 is 4.92 Å². The number of nitrogens with one attached hydrogen (secondary N) is 1. The molecule has 0 unspecified atom stereocenters. The summed E-state index contributed by atoms with van der Waals surface area (Å²) in [7, 11) is 0. The van der Waals surface area contributed by atoms with Gasteiger partial charge in [-0.25, -0.2) is 0 Å². The smallest absolute Gasteiger partial charge is 0.292 e. The largest absolute Gasteiger partial charge is 0.366 e. The number of hydrogen-bond donors (Lipinski definition) is 1. The first-order valence-corrected chi connectivity index (χ1v) is 11.6. The van der Waals surface area contributed by atoms with Crippen molar-refractivity contribution in [1.82, 2.24) is 14.7 Å². The molecular formula is C24H25ClN6O4. The van der Waals surface area contributed by atoms with Crippen LogP contribution < -0.4 is 15.8 Å². The van der Waals surface area contributed by atoms with E-state index in [2.05, 4.69) is 15.3 Å². The van der Waals surface area contributed by atoms with Crippen molar-refractivity contribution < 1.29 is 9.72 Å². The van der Waals surface area contributed by atoms with E-state index >= 15 is 0 Å². The Morgan fingerprint density at radius 2 is 1.83 bits per heavy atom. The summed E-state index contributed by atoms with van der Waals surface area (Å²) in [4.78, 5) is 40.0. The van der Waals surface area contributed by atoms with Crippen molar-refractivity contribution in [3.8, 4) is 5.69 Å². The molecule has 11 heteroatoms. The van der Waals surface area contributed by atoms with E-state index in [1.807, 2.05) is 23.1 Å². The Morgan fingerprint density at radius 1 is 1.11 bits per heavy atom. The van der Waals surface area contributed by atoms with Gasteiger partial charge in [-0.2, -0.15) is 9.78 Å². The zero-order valence-electron chi connectivity index (χ0n) is 19.2. The summed E-state index contributed by atoms with van der Waals surface area (Å²) < 4.78 is 1.28. The monoisotopic (exact) mass is 496 g/mol. The fourth-order valence-electron chi connectivity index (χ4n) is 4.04. The number of nitro benzene ring substituents is 1. The lowest BCUT2D eigenvalue weighted by molar-refractivity contribution is -0.385. The number of amides is 1. The summed E-state index contributed by atoms with van der Waals surface area (Å²) in [6.07, 6.45) is 1.87. The van der Waals surface area contributed by atoms with Crippen LogP contribution in [0.2, 0.25) is 5.02 Å². The topological polar surface area (TPSA) is 114 Å². The summed E-state index contributed by atoms with van der Waals surface area (Å²) >= 11 is 6.42. The molecule has 0 atom stereocenters. The maximum Gasteiger partial charge on any atom is 0.292 e. The molecule has 1 fully saturated rings. The number of nitro groups is 1. The Bertz CT molecular complexity index is 1290. The zero-order chi connectivity index (χ0) is 24.9. The van der Waals surface area contributed by atoms with Gasteiger partial charge in [-0.05, 0) is 25.1 Å². The maximum atomic E-state index is 12.8. The maximum absolute atomic E-state index is 12.8. The van der Waals surface area contributed by atoms with E-state index in [1.165, 1.54) is 10.7 Å². The molecular weight excluding hydrogens is 472 g/mol. The molecule has 3 aromatic rings. The van der Waals surface area contributed by atoms with Gasteiger partial charge in [0.05, 0.1) is 33.7 Å². The normalized spacial score (nSPS) is 14.1. The van der Waals surface area contributed by atoms with Gasteiger partial charge in [0.15, 0.2) is 0 Å². The van der Waals surface area contributed by atoms with Crippen molar-refractivity contribution in [2.45, 2.75) is 13.3 Å². The Hall–Kier alpha value is -3.76. The molecule has 1 aromatic heterocycles. The lowest BCUT2D eigenvalue weighted by Crippen LogP contribution is -2.47. The predicted molar refractivity (Wildman–Crippen MR) is 135 cm³/mol. The first-order valence-electron chi connectivity index (χ1n) is 11.2. The van der Waals surface area contributed by atoms with Crippen LogP contribution in [0.3, 0.4) is 0 Å². The molecule has 1 aliphatic rings. The van der Waals surface area contributed by atoms with Crippen molar-refractivity contribution in [2.75, 3.05) is 42.9 Å². The van der Waals surface area contributed by atoms with Crippen molar-refractivity contribution in [3.63, 3.8) is 0 Å². The van der Waals surface area contributed by atoms with Gasteiger partial charge in [-0.15, -0.1) is 0 Å². The van der Waals surface area contributed by atoms with Gasteiger partial charge in [-0.3, -0.25) is 24.6 Å². The van der Waals surface area contributed by atoms with Gasteiger partial charge >= 0.3 is 0 Å². The molecule has 4 rings (SSSR count). The Kier molecular flexibility index (Phi) is 7.42. The number of rotatable bonds is 7. The van der Waals surface area contributed by atoms with Gasteiger partial charge in [0.1, 0.15) is 5.02 Å². The van der Waals surface area contributed by atoms with Crippen LogP contribution in [-0.4, -0.2) is 58.2 Å². The van der Waals surface area contributed by atoms with Gasteiger partial charge in [0.2, 0.25) is 5.91 Å². The second-order valence-electron chi connectivity index (χ2n) is 8.23. The molecule has 0 aliphatic carbocycles. The minimum Gasteiger partial charge on any atom is -0.366 e. The molecule has 10 nitrogen and oxygen atoms in total. The van der Waals surface area contributed by atoms with Crippen molar-refractivity contribution in [3.05, 3.63) is 85.8 Å². The number of nitrogens with zero attached hydrogens (tertiary/aromatic N) is 5. The quantitative estimate of drug-likeness (QED) is 0.394. The van der Waals surface area contributed by atoms with E-state index in [0.29, 0.717) is 55.3 Å². The predicted octanol–water partition coefficient (Wildman–Crippen LogP) is 3.25. The molecule has 1 N–H and O–H groups in total. The Labute approximate surface area is 206 Å². The summed E-state index contributed by atoms with van der Waals surface area (Å²) in [5.41, 5.74) is 1.73. The Balaban J connectivity index is 1.31. The number of aromatic nitrogens is 2. The number of benzene rings is 2. The highest BCUT2D eigenvalue weighted by Crippen LogP contribution is 2.25. The van der Waals surface area contributed by atoms with Gasteiger partial charge in [0.25, 0.3) is 11.2 Å². The number of halogens is 1. The summed E-state index contributed by atoms with van der Waals surface area (Å²) in [5, 5.41) is 18.3. The van der Waals surface area contributed by atoms with Gasteiger partial charge < -0.3 is 10.2 Å². The van der Waals surface area contributed by atoms with Crippen LogP contribution in [-0.2, 0) is 4.79 Å². The molecule has 1 amide bonds. The molecule has 35 heavy (non-hydrogen) atoms. The molecule has 2 aromatic carbocycles. The van der Waals surface area contributed by atoms with Crippen molar-refractivity contribution in [1.29, 1.82) is 0 Å². The van der Waals surface area contributed by atoms with Crippen LogP contribution in [0.5, 0.6) is 0 Å². The van der Waals surface area contributed by atoms with E-state index in [1.54, 1.807) is 37.4 Å². The second kappa shape index (κ2) is 10.7. The van der Waals surface area contributed by atoms with Crippen LogP contribution in [0, 0.1) is 17.0 Å². The number of hydrogen-bond acceptors (Lipinski definition) is 7. The minimum atomic E-state index is -0.462. The van der Waals surface area contributed by atoms with Crippen molar-refractivity contribution >= 4 is 34.6 Å². The SMILES string of the molecule is Cc1c(NC(=O)CCN2CCN(c3cnn(-c4ccccc4)c(=O)c3Cl)CC2)cccc1[N+](=O)[O-]. The fraction of sp³-hybridized carbons (Fsp3) is 0.292. The summed E-state index contributed by atoms with van der Waals surface area (Å²) in [6.45, 7) is 4.84. The number of piperazine rings is 1. The fourth-order valence-corrected chi connectivity index (χ4v) is 4.29. The number of carbonyl (C=O) groups excluding carboxylic acids is 1. The molecule has 0 spiro atoms. The average Bonchev–Trinajstić information content (AvgIpc) is 2.86. The van der Waals surface area contributed by atoms with Crippen LogP contribution in [0.25, 0.3) is 5.69 Å². The first kappa shape index (κ1) is 24.4. The molecule has 2 heterocycles. The summed E-state index contributed by atoms with van der Waals surface area (Å²) in [5.74, 6) is -0.201. The number of carbonyl (C=O) groups is 1. The highest BCUT2D eigenvalue weighted by atomic mass is 35.5. The Morgan fingerprint density at radius 3 is 2.51 bits per heavy atom. The minimum absolute atomic E-state index is 0.0245. The highest BCUT2D eigenvalue weighted by molar-refractivity contribution is 6.33. The van der Waals surface area contributed by atoms with E-state index in [9.17, 15) is 19.7 Å². The van der Waals surface area contributed by atoms with Gasteiger partial charge in [-0.1, -0.05) is 35.9 Å². The van der Waals surface area contributed by atoms with E-state index in [0.717, 1.165) is 0 Å². The molecule has 182 valence electrons. The van der Waals surface area contributed by atoms with Crippen LogP contribution in [0.4, 0.5) is 17.1 Å². The zero-order valence-corrected chi connectivity index (χ0v) is 19.9. The van der Waals surface area contributed by atoms with E-state index in [4.69, 9.17) is 11.6 Å². The molecule has 0 bridgehead atoms. The molecule has 0 saturated carbocycles. The third kappa shape index (κ3) is 5.50. The second-order valence-corrected chi connectivity index (χ2v) is 8.61. The number of anilines is 2. The van der Waals surface area contributed by atoms with Crippen LogP contribution in [0.1, 0.15) is 12.0 Å². The van der Waals surface area contributed by atoms with Gasteiger partial charge in [0, 0.05) is 45.2 Å².